The van der Waals surface area contributed by atoms with Crippen LogP contribution in [0.25, 0.3) is 0 Å². The molecular formula is C12H25N5O2. The average molecular weight is 271 g/mol. The normalized spacial score (nSPS) is 13.7. The Balaban J connectivity index is 4.07. The lowest BCUT2D eigenvalue weighted by Crippen LogP contribution is -2.46. The van der Waals surface area contributed by atoms with Crippen LogP contribution in [0, 0.1) is 5.92 Å². The molecule has 0 heterocycles. The molecule has 0 radical (unpaired) electrons. The van der Waals surface area contributed by atoms with Crippen LogP contribution >= 0.6 is 0 Å². The topological polar surface area (TPSA) is 137 Å². The molecule has 0 aliphatic heterocycles. The van der Waals surface area contributed by atoms with E-state index in [0.717, 1.165) is 0 Å². The Morgan fingerprint density at radius 3 is 2.47 bits per heavy atom. The molecule has 7 nitrogen and oxygen atoms in total. The molecule has 0 aromatic heterocycles. The Bertz CT molecular complexity index is 313. The first-order chi connectivity index (χ1) is 8.86. The maximum Gasteiger partial charge on any atom is 0.237 e. The molecule has 0 aromatic rings. The number of hydrogen-bond donors (Lipinski definition) is 4. The Morgan fingerprint density at radius 1 is 1.37 bits per heavy atom. The van der Waals surface area contributed by atoms with Crippen molar-refractivity contribution in [2.24, 2.45) is 28.1 Å². The second-order valence-electron chi connectivity index (χ2n) is 4.94. The summed E-state index contributed by atoms with van der Waals surface area (Å²) in [4.78, 5) is 26.4. The van der Waals surface area contributed by atoms with Crippen molar-refractivity contribution in [3.63, 3.8) is 0 Å². The van der Waals surface area contributed by atoms with Crippen LogP contribution in [-0.4, -0.2) is 36.8 Å². The molecule has 1 amide bonds. The van der Waals surface area contributed by atoms with E-state index in [1.807, 2.05) is 13.8 Å². The van der Waals surface area contributed by atoms with Crippen molar-refractivity contribution in [1.29, 1.82) is 0 Å². The molecule has 0 aromatic carbocycles. The van der Waals surface area contributed by atoms with Crippen LogP contribution in [0.3, 0.4) is 0 Å². The van der Waals surface area contributed by atoms with Gasteiger partial charge in [-0.25, -0.2) is 0 Å². The van der Waals surface area contributed by atoms with E-state index in [4.69, 9.17) is 17.2 Å². The first-order valence-electron chi connectivity index (χ1n) is 6.43. The quantitative estimate of drug-likeness (QED) is 0.186. The average Bonchev–Trinajstić information content (AvgIpc) is 2.31. The van der Waals surface area contributed by atoms with Crippen LogP contribution < -0.4 is 22.5 Å². The molecule has 0 unspecified atom stereocenters. The van der Waals surface area contributed by atoms with Crippen LogP contribution in [0.2, 0.25) is 0 Å². The van der Waals surface area contributed by atoms with Crippen molar-refractivity contribution in [1.82, 2.24) is 5.32 Å². The van der Waals surface area contributed by atoms with Crippen LogP contribution in [-0.2, 0) is 9.59 Å². The molecule has 0 rings (SSSR count). The third kappa shape index (κ3) is 9.01. The largest absolute Gasteiger partial charge is 0.370 e. The first kappa shape index (κ1) is 17.4. The van der Waals surface area contributed by atoms with Gasteiger partial charge >= 0.3 is 0 Å². The minimum absolute atomic E-state index is 0.0191. The van der Waals surface area contributed by atoms with Crippen LogP contribution in [0.1, 0.15) is 33.1 Å². The lowest BCUT2D eigenvalue weighted by Gasteiger charge is -2.17. The van der Waals surface area contributed by atoms with Gasteiger partial charge in [0.15, 0.2) is 5.96 Å². The van der Waals surface area contributed by atoms with Crippen molar-refractivity contribution in [3.8, 4) is 0 Å². The summed E-state index contributed by atoms with van der Waals surface area (Å²) in [7, 11) is 0. The summed E-state index contributed by atoms with van der Waals surface area (Å²) in [6, 6.07) is -1.12. The molecule has 7 N–H and O–H groups in total. The summed E-state index contributed by atoms with van der Waals surface area (Å²) >= 11 is 0. The third-order valence-electron chi connectivity index (χ3n) is 2.52. The van der Waals surface area contributed by atoms with E-state index in [1.165, 1.54) is 0 Å². The van der Waals surface area contributed by atoms with E-state index in [2.05, 4.69) is 10.3 Å². The zero-order valence-corrected chi connectivity index (χ0v) is 11.6. The Kier molecular flexibility index (Phi) is 8.52. The molecule has 0 aliphatic carbocycles. The summed E-state index contributed by atoms with van der Waals surface area (Å²) in [6.45, 7) is 4.40. The van der Waals surface area contributed by atoms with Crippen molar-refractivity contribution < 1.29 is 9.59 Å². The predicted octanol–water partition coefficient (Wildman–Crippen LogP) is -0.903. The second-order valence-corrected chi connectivity index (χ2v) is 4.94. The van der Waals surface area contributed by atoms with Gasteiger partial charge in [0.2, 0.25) is 5.91 Å². The number of aldehydes is 1. The zero-order chi connectivity index (χ0) is 14.8. The monoisotopic (exact) mass is 271 g/mol. The number of carbonyl (C=O) groups is 2. The molecule has 0 saturated carbocycles. The zero-order valence-electron chi connectivity index (χ0n) is 11.6. The standard InChI is InChI=1S/C12H25N5O2/c1-8(2)6-10(13)11(19)17-9(7-18)4-3-5-16-12(14)15/h7-10H,3-6,13H2,1-2H3,(H,17,19)(H4,14,15,16)/t9-,10+/m1/s1. The number of nitrogens with one attached hydrogen (secondary N) is 1. The van der Waals surface area contributed by atoms with E-state index in [9.17, 15) is 9.59 Å². The van der Waals surface area contributed by atoms with Gasteiger partial charge in [0.1, 0.15) is 6.29 Å². The number of rotatable bonds is 9. The molecule has 0 bridgehead atoms. The molecular weight excluding hydrogens is 246 g/mol. The van der Waals surface area contributed by atoms with E-state index < -0.39 is 12.1 Å². The fourth-order valence-corrected chi connectivity index (χ4v) is 1.60. The third-order valence-corrected chi connectivity index (χ3v) is 2.52. The smallest absolute Gasteiger partial charge is 0.237 e. The Morgan fingerprint density at radius 2 is 2.00 bits per heavy atom. The summed E-state index contributed by atoms with van der Waals surface area (Å²) in [5, 5.41) is 2.62. The van der Waals surface area contributed by atoms with E-state index >= 15 is 0 Å². The SMILES string of the molecule is CC(C)C[C@H](N)C(=O)N[C@@H](C=O)CCCN=C(N)N. The highest BCUT2D eigenvalue weighted by molar-refractivity contribution is 5.84. The number of aliphatic imine (C=N–C) groups is 1. The van der Waals surface area contributed by atoms with Crippen LogP contribution in [0.4, 0.5) is 0 Å². The van der Waals surface area contributed by atoms with Gasteiger partial charge in [0.05, 0.1) is 12.1 Å². The Hall–Kier alpha value is -1.63. The summed E-state index contributed by atoms with van der Waals surface area (Å²) in [5.41, 5.74) is 16.1. The number of nitrogens with zero attached hydrogens (tertiary/aromatic N) is 1. The number of carbonyl (C=O) groups excluding carboxylic acids is 2. The van der Waals surface area contributed by atoms with E-state index in [-0.39, 0.29) is 11.9 Å². The van der Waals surface area contributed by atoms with Crippen molar-refractivity contribution in [2.45, 2.75) is 45.2 Å². The van der Waals surface area contributed by atoms with E-state index in [0.29, 0.717) is 38.0 Å². The first-order valence-corrected chi connectivity index (χ1v) is 6.43. The van der Waals surface area contributed by atoms with E-state index in [1.54, 1.807) is 0 Å². The molecule has 19 heavy (non-hydrogen) atoms. The van der Waals surface area contributed by atoms with Gasteiger partial charge in [-0.05, 0) is 25.2 Å². The fraction of sp³-hybridized carbons (Fsp3) is 0.750. The van der Waals surface area contributed by atoms with Gasteiger partial charge in [-0.1, -0.05) is 13.8 Å². The van der Waals surface area contributed by atoms with Gasteiger partial charge in [-0.2, -0.15) is 0 Å². The van der Waals surface area contributed by atoms with Crippen molar-refractivity contribution >= 4 is 18.2 Å². The maximum absolute atomic E-state index is 11.7. The lowest BCUT2D eigenvalue weighted by molar-refractivity contribution is -0.125. The highest BCUT2D eigenvalue weighted by atomic mass is 16.2. The fourth-order valence-electron chi connectivity index (χ4n) is 1.60. The number of nitrogens with two attached hydrogens (primary N) is 3. The minimum Gasteiger partial charge on any atom is -0.370 e. The second kappa shape index (κ2) is 9.32. The molecule has 110 valence electrons. The molecule has 0 spiro atoms. The maximum atomic E-state index is 11.7. The summed E-state index contributed by atoms with van der Waals surface area (Å²) in [5.74, 6) is 0.0515. The van der Waals surface area contributed by atoms with Crippen LogP contribution in [0.15, 0.2) is 4.99 Å². The molecule has 0 aliphatic rings. The lowest BCUT2D eigenvalue weighted by atomic mass is 10.0. The molecule has 2 atom stereocenters. The minimum atomic E-state index is -0.583. The van der Waals surface area contributed by atoms with Gasteiger partial charge in [0, 0.05) is 6.54 Å². The number of guanidine groups is 1. The number of amides is 1. The van der Waals surface area contributed by atoms with Gasteiger partial charge < -0.3 is 27.3 Å². The summed E-state index contributed by atoms with van der Waals surface area (Å²) < 4.78 is 0. The Labute approximate surface area is 114 Å². The predicted molar refractivity (Wildman–Crippen MR) is 75.3 cm³/mol. The van der Waals surface area contributed by atoms with Gasteiger partial charge in [-0.15, -0.1) is 0 Å². The van der Waals surface area contributed by atoms with Gasteiger partial charge in [-0.3, -0.25) is 9.79 Å². The molecule has 0 saturated heterocycles. The molecule has 0 fully saturated rings. The number of hydrogen-bond acceptors (Lipinski definition) is 4. The van der Waals surface area contributed by atoms with Crippen LogP contribution in [0.5, 0.6) is 0 Å². The summed E-state index contributed by atoms with van der Waals surface area (Å²) in [6.07, 6.45) is 2.39. The molecule has 7 heteroatoms. The van der Waals surface area contributed by atoms with Crippen molar-refractivity contribution in [2.75, 3.05) is 6.54 Å². The highest BCUT2D eigenvalue weighted by Crippen LogP contribution is 2.03. The highest BCUT2D eigenvalue weighted by Gasteiger charge is 2.18. The van der Waals surface area contributed by atoms with Gasteiger partial charge in [0.25, 0.3) is 0 Å². The van der Waals surface area contributed by atoms with Crippen molar-refractivity contribution in [3.05, 3.63) is 0 Å².